The summed E-state index contributed by atoms with van der Waals surface area (Å²) >= 11 is 0. The van der Waals surface area contributed by atoms with Crippen molar-refractivity contribution in [1.82, 2.24) is 25.2 Å². The number of aromatic nitrogens is 3. The van der Waals surface area contributed by atoms with Gasteiger partial charge in [0.2, 0.25) is 0 Å². The maximum absolute atomic E-state index is 15.9. The maximum Gasteiger partial charge on any atom is 0.271 e. The van der Waals surface area contributed by atoms with Crippen LogP contribution in [0.15, 0.2) is 41.3 Å². The highest BCUT2D eigenvalue weighted by Gasteiger charge is 2.31. The van der Waals surface area contributed by atoms with Gasteiger partial charge < -0.3 is 20.6 Å². The zero-order chi connectivity index (χ0) is 28.7. The lowest BCUT2D eigenvalue weighted by atomic mass is 10.0. The van der Waals surface area contributed by atoms with E-state index in [0.717, 1.165) is 12.1 Å². The number of carbonyl (C=O) groups excluding carboxylic acids is 1. The first-order valence-electron chi connectivity index (χ1n) is 13.1. The van der Waals surface area contributed by atoms with Gasteiger partial charge in [0.05, 0.1) is 22.6 Å². The van der Waals surface area contributed by atoms with Gasteiger partial charge in [-0.3, -0.25) is 19.1 Å². The molecule has 1 amide bonds. The van der Waals surface area contributed by atoms with Crippen molar-refractivity contribution in [3.8, 4) is 22.7 Å². The fraction of sp³-hybridized carbons (Fsp3) is 0.310. The van der Waals surface area contributed by atoms with E-state index >= 15 is 4.39 Å². The van der Waals surface area contributed by atoms with E-state index in [1.807, 2.05) is 18.7 Å². The first-order chi connectivity index (χ1) is 19.1. The number of fused-ring (bicyclic) bond motifs is 1. The standard InChI is InChI=1S/C29H30F2N6O3/c1-15(2)23-25(16(3)8-9-34-23)37-27-17(14-19(31)24(35-27)21-18(30)6-5-7-20(21)38)26(36-12-10-33-11-13-36)22(29(37)40)28(39)32-4/h5-9,14-15,33,38H,10-13H2,1-4H3,(H,32,39). The van der Waals surface area contributed by atoms with Crippen LogP contribution in [0.25, 0.3) is 28.0 Å². The van der Waals surface area contributed by atoms with Crippen LogP contribution in [-0.2, 0) is 0 Å². The lowest BCUT2D eigenvalue weighted by Crippen LogP contribution is -2.46. The van der Waals surface area contributed by atoms with Crippen LogP contribution in [0.4, 0.5) is 14.5 Å². The number of phenolic OH excluding ortho intramolecular Hbond substituents is 1. The third-order valence-electron chi connectivity index (χ3n) is 7.12. The van der Waals surface area contributed by atoms with Crippen LogP contribution in [0.5, 0.6) is 5.75 Å². The van der Waals surface area contributed by atoms with Crippen LogP contribution in [0, 0.1) is 18.6 Å². The van der Waals surface area contributed by atoms with E-state index in [2.05, 4.69) is 20.6 Å². The molecule has 9 nitrogen and oxygen atoms in total. The Kier molecular flexibility index (Phi) is 7.24. The predicted molar refractivity (Wildman–Crippen MR) is 149 cm³/mol. The maximum atomic E-state index is 15.9. The van der Waals surface area contributed by atoms with E-state index in [1.165, 1.54) is 23.7 Å². The van der Waals surface area contributed by atoms with Gasteiger partial charge in [-0.1, -0.05) is 19.9 Å². The second kappa shape index (κ2) is 10.6. The van der Waals surface area contributed by atoms with Gasteiger partial charge in [-0.05, 0) is 42.7 Å². The number of amides is 1. The number of nitrogens with zero attached hydrogens (tertiary/aromatic N) is 4. The lowest BCUT2D eigenvalue weighted by Gasteiger charge is -2.32. The minimum absolute atomic E-state index is 0.0169. The third-order valence-corrected chi connectivity index (χ3v) is 7.12. The number of benzene rings is 1. The molecule has 1 aliphatic heterocycles. The van der Waals surface area contributed by atoms with Gasteiger partial charge in [-0.25, -0.2) is 13.8 Å². The van der Waals surface area contributed by atoms with Crippen LogP contribution < -0.4 is 21.1 Å². The zero-order valence-corrected chi connectivity index (χ0v) is 22.7. The fourth-order valence-electron chi connectivity index (χ4n) is 5.23. The number of carbonyl (C=O) groups is 1. The Labute approximate surface area is 229 Å². The molecular formula is C29H30F2N6O3. The van der Waals surface area contributed by atoms with Gasteiger partial charge in [0.1, 0.15) is 22.8 Å². The van der Waals surface area contributed by atoms with E-state index in [4.69, 9.17) is 0 Å². The van der Waals surface area contributed by atoms with Crippen molar-refractivity contribution in [3.05, 3.63) is 75.3 Å². The highest BCUT2D eigenvalue weighted by Crippen LogP contribution is 2.38. The third kappa shape index (κ3) is 4.45. The second-order valence-corrected chi connectivity index (χ2v) is 10.0. The molecule has 1 aromatic carbocycles. The molecule has 1 saturated heterocycles. The Balaban J connectivity index is 2.02. The zero-order valence-electron chi connectivity index (χ0n) is 22.7. The van der Waals surface area contributed by atoms with Crippen LogP contribution >= 0.6 is 0 Å². The lowest BCUT2D eigenvalue weighted by molar-refractivity contribution is 0.0962. The van der Waals surface area contributed by atoms with Gasteiger partial charge in [0, 0.05) is 44.8 Å². The molecule has 0 radical (unpaired) electrons. The van der Waals surface area contributed by atoms with E-state index in [1.54, 1.807) is 19.2 Å². The summed E-state index contributed by atoms with van der Waals surface area (Å²) in [5.41, 5.74) is 0.230. The molecule has 3 aromatic heterocycles. The van der Waals surface area contributed by atoms with Crippen LogP contribution in [-0.4, -0.2) is 58.8 Å². The van der Waals surface area contributed by atoms with Crippen molar-refractivity contribution in [3.63, 3.8) is 0 Å². The summed E-state index contributed by atoms with van der Waals surface area (Å²) in [6.07, 6.45) is 1.63. The molecule has 0 bridgehead atoms. The topological polar surface area (TPSA) is 112 Å². The van der Waals surface area contributed by atoms with Crippen LogP contribution in [0.1, 0.15) is 41.4 Å². The number of rotatable bonds is 5. The van der Waals surface area contributed by atoms with Crippen molar-refractivity contribution in [2.45, 2.75) is 26.7 Å². The summed E-state index contributed by atoms with van der Waals surface area (Å²) in [5, 5.41) is 16.5. The van der Waals surface area contributed by atoms with Gasteiger partial charge in [0.25, 0.3) is 11.5 Å². The Hall–Kier alpha value is -4.38. The minimum Gasteiger partial charge on any atom is -0.507 e. The number of hydrogen-bond donors (Lipinski definition) is 3. The first kappa shape index (κ1) is 27.2. The average molecular weight is 549 g/mol. The quantitative estimate of drug-likeness (QED) is 0.349. The summed E-state index contributed by atoms with van der Waals surface area (Å²) in [6, 6.07) is 6.52. The average Bonchev–Trinajstić information content (AvgIpc) is 2.93. The highest BCUT2D eigenvalue weighted by atomic mass is 19.1. The van der Waals surface area contributed by atoms with Crippen molar-refractivity contribution < 1.29 is 18.7 Å². The largest absolute Gasteiger partial charge is 0.507 e. The van der Waals surface area contributed by atoms with Crippen molar-refractivity contribution in [1.29, 1.82) is 0 Å². The SMILES string of the molecule is CNC(=O)c1c(N2CCNCC2)c2cc(F)c(-c3c(O)cccc3F)nc2n(-c2c(C)ccnc2C(C)C)c1=O. The number of hydrogen-bond acceptors (Lipinski definition) is 7. The molecule has 3 N–H and O–H groups in total. The molecule has 0 unspecified atom stereocenters. The molecule has 40 heavy (non-hydrogen) atoms. The summed E-state index contributed by atoms with van der Waals surface area (Å²) in [7, 11) is 1.43. The summed E-state index contributed by atoms with van der Waals surface area (Å²) in [6.45, 7) is 7.75. The van der Waals surface area contributed by atoms with Gasteiger partial charge in [-0.15, -0.1) is 0 Å². The molecule has 0 atom stereocenters. The molecule has 1 fully saturated rings. The Morgan fingerprint density at radius 1 is 1.12 bits per heavy atom. The number of piperazine rings is 1. The van der Waals surface area contributed by atoms with E-state index in [-0.39, 0.29) is 28.2 Å². The minimum atomic E-state index is -0.913. The number of pyridine rings is 3. The molecule has 208 valence electrons. The molecule has 4 heterocycles. The molecule has 0 saturated carbocycles. The number of halogens is 2. The number of phenols is 1. The van der Waals surface area contributed by atoms with Gasteiger partial charge in [0.15, 0.2) is 11.5 Å². The van der Waals surface area contributed by atoms with Crippen molar-refractivity contribution in [2.75, 3.05) is 38.1 Å². The summed E-state index contributed by atoms with van der Waals surface area (Å²) in [4.78, 5) is 38.6. The summed E-state index contributed by atoms with van der Waals surface area (Å²) < 4.78 is 32.1. The van der Waals surface area contributed by atoms with Crippen molar-refractivity contribution >= 4 is 22.6 Å². The van der Waals surface area contributed by atoms with Crippen LogP contribution in [0.3, 0.4) is 0 Å². The monoisotopic (exact) mass is 548 g/mol. The Bertz CT molecular complexity index is 1680. The number of anilines is 1. The molecule has 5 rings (SSSR count). The fourth-order valence-corrected chi connectivity index (χ4v) is 5.23. The van der Waals surface area contributed by atoms with Gasteiger partial charge in [-0.2, -0.15) is 0 Å². The number of nitrogens with one attached hydrogen (secondary N) is 2. The predicted octanol–water partition coefficient (Wildman–Crippen LogP) is 3.63. The van der Waals surface area contributed by atoms with Crippen LogP contribution in [0.2, 0.25) is 0 Å². The highest BCUT2D eigenvalue weighted by molar-refractivity contribution is 6.07. The molecule has 0 aliphatic carbocycles. The summed E-state index contributed by atoms with van der Waals surface area (Å²) in [5.74, 6) is -3.03. The number of aromatic hydroxyl groups is 1. The second-order valence-electron chi connectivity index (χ2n) is 10.0. The van der Waals surface area contributed by atoms with E-state index in [0.29, 0.717) is 43.1 Å². The molecular weight excluding hydrogens is 518 g/mol. The first-order valence-corrected chi connectivity index (χ1v) is 13.1. The Morgan fingerprint density at radius 3 is 2.50 bits per heavy atom. The molecule has 11 heteroatoms. The van der Waals surface area contributed by atoms with Gasteiger partial charge >= 0.3 is 0 Å². The normalized spacial score (nSPS) is 13.7. The molecule has 4 aromatic rings. The molecule has 1 aliphatic rings. The number of aryl methyl sites for hydroxylation is 1. The van der Waals surface area contributed by atoms with E-state index in [9.17, 15) is 19.1 Å². The van der Waals surface area contributed by atoms with E-state index < -0.39 is 40.1 Å². The Morgan fingerprint density at radius 2 is 1.85 bits per heavy atom. The van der Waals surface area contributed by atoms with Crippen molar-refractivity contribution in [2.24, 2.45) is 0 Å². The smallest absolute Gasteiger partial charge is 0.271 e. The molecule has 0 spiro atoms.